The van der Waals surface area contributed by atoms with E-state index in [1.165, 1.54) is 11.8 Å². The first-order chi connectivity index (χ1) is 8.08. The van der Waals surface area contributed by atoms with Gasteiger partial charge in [-0.2, -0.15) is 0 Å². The van der Waals surface area contributed by atoms with Crippen LogP contribution in [0.4, 0.5) is 11.6 Å². The van der Waals surface area contributed by atoms with E-state index in [4.69, 9.17) is 23.1 Å². The van der Waals surface area contributed by atoms with Crippen molar-refractivity contribution in [3.63, 3.8) is 0 Å². The molecule has 2 rings (SSSR count). The zero-order valence-electron chi connectivity index (χ0n) is 8.61. The number of hydrogen-bond donors (Lipinski definition) is 3. The van der Waals surface area contributed by atoms with E-state index < -0.39 is 5.91 Å². The summed E-state index contributed by atoms with van der Waals surface area (Å²) in [6.45, 7) is 0.684. The summed E-state index contributed by atoms with van der Waals surface area (Å²) < 4.78 is 0. The molecule has 0 aromatic carbocycles. The van der Waals surface area contributed by atoms with Crippen molar-refractivity contribution >= 4 is 46.1 Å². The fourth-order valence-electron chi connectivity index (χ4n) is 1.18. The Hall–Kier alpha value is -1.54. The van der Waals surface area contributed by atoms with Crippen LogP contribution < -0.4 is 16.8 Å². The third-order valence-electron chi connectivity index (χ3n) is 1.93. The van der Waals surface area contributed by atoms with Crippen molar-refractivity contribution in [1.82, 2.24) is 15.3 Å². The molecule has 0 atom stereocenters. The number of nitrogen functional groups attached to an aromatic ring is 2. The minimum absolute atomic E-state index is 0.00620. The van der Waals surface area contributed by atoms with Gasteiger partial charge < -0.3 is 11.5 Å². The molecule has 1 aliphatic rings. The molecule has 1 aliphatic heterocycles. The van der Waals surface area contributed by atoms with Gasteiger partial charge in [0.2, 0.25) is 0 Å². The van der Waals surface area contributed by atoms with E-state index in [-0.39, 0.29) is 22.5 Å². The van der Waals surface area contributed by atoms with Gasteiger partial charge in [0.25, 0.3) is 5.91 Å². The van der Waals surface area contributed by atoms with Crippen LogP contribution in [0.15, 0.2) is 4.99 Å². The summed E-state index contributed by atoms with van der Waals surface area (Å²) in [4.78, 5) is 23.4. The molecule has 0 fully saturated rings. The first kappa shape index (κ1) is 11.9. The van der Waals surface area contributed by atoms with Gasteiger partial charge in [0, 0.05) is 5.75 Å². The molecule has 1 amide bonds. The maximum atomic E-state index is 11.8. The van der Waals surface area contributed by atoms with Gasteiger partial charge in [-0.25, -0.2) is 9.97 Å². The summed E-state index contributed by atoms with van der Waals surface area (Å²) in [5.41, 5.74) is 10.9. The zero-order chi connectivity index (χ0) is 12.4. The second kappa shape index (κ2) is 4.76. The van der Waals surface area contributed by atoms with Crippen LogP contribution in [-0.4, -0.2) is 33.3 Å². The van der Waals surface area contributed by atoms with E-state index in [1.807, 2.05) is 0 Å². The number of aromatic nitrogens is 2. The number of halogens is 1. The zero-order valence-corrected chi connectivity index (χ0v) is 10.2. The molecule has 1 aromatic heterocycles. The molecule has 0 saturated carbocycles. The van der Waals surface area contributed by atoms with Gasteiger partial charge >= 0.3 is 0 Å². The summed E-state index contributed by atoms with van der Waals surface area (Å²) in [5, 5.41) is 3.07. The Bertz CT molecular complexity index is 505. The first-order valence-corrected chi connectivity index (χ1v) is 6.01. The number of aliphatic imine (C=N–C) groups is 1. The SMILES string of the molecule is Nc1nc(N)c(C(=O)NC2=NCCS2)nc1Cl. The van der Waals surface area contributed by atoms with Crippen LogP contribution in [0.5, 0.6) is 0 Å². The monoisotopic (exact) mass is 272 g/mol. The Morgan fingerprint density at radius 3 is 2.76 bits per heavy atom. The van der Waals surface area contributed by atoms with Gasteiger partial charge in [-0.05, 0) is 0 Å². The minimum Gasteiger partial charge on any atom is -0.382 e. The number of nitrogens with zero attached hydrogens (tertiary/aromatic N) is 3. The van der Waals surface area contributed by atoms with E-state index in [0.717, 1.165) is 5.75 Å². The highest BCUT2D eigenvalue weighted by atomic mass is 35.5. The summed E-state index contributed by atoms with van der Waals surface area (Å²) in [6.07, 6.45) is 0. The number of amides is 1. The van der Waals surface area contributed by atoms with Crippen LogP contribution in [0.25, 0.3) is 0 Å². The number of rotatable bonds is 1. The number of amidine groups is 1. The largest absolute Gasteiger partial charge is 0.382 e. The lowest BCUT2D eigenvalue weighted by Crippen LogP contribution is -2.29. The van der Waals surface area contributed by atoms with Gasteiger partial charge in [0.15, 0.2) is 27.7 Å². The summed E-state index contributed by atoms with van der Waals surface area (Å²) in [6, 6.07) is 0. The Morgan fingerprint density at radius 1 is 1.35 bits per heavy atom. The standard InChI is InChI=1S/C8H9ClN6OS/c9-4-6(11)14-5(10)3(13-4)7(16)15-8-12-1-2-17-8/h1-2H2,(H4,10,11,14)(H,12,15,16). The lowest BCUT2D eigenvalue weighted by molar-refractivity contribution is 0.0974. The number of nitrogens with one attached hydrogen (secondary N) is 1. The van der Waals surface area contributed by atoms with Crippen molar-refractivity contribution in [3.05, 3.63) is 10.8 Å². The number of thioether (sulfide) groups is 1. The summed E-state index contributed by atoms with van der Waals surface area (Å²) in [7, 11) is 0. The van der Waals surface area contributed by atoms with E-state index in [0.29, 0.717) is 11.7 Å². The number of carbonyl (C=O) groups excluding carboxylic acids is 1. The first-order valence-electron chi connectivity index (χ1n) is 4.65. The summed E-state index contributed by atoms with van der Waals surface area (Å²) >= 11 is 7.13. The Kier molecular flexibility index (Phi) is 3.34. The number of anilines is 2. The molecule has 9 heteroatoms. The Morgan fingerprint density at radius 2 is 2.12 bits per heavy atom. The minimum atomic E-state index is -0.495. The second-order valence-corrected chi connectivity index (χ2v) is 4.56. The lowest BCUT2D eigenvalue weighted by Gasteiger charge is -2.06. The highest BCUT2D eigenvalue weighted by Gasteiger charge is 2.18. The van der Waals surface area contributed by atoms with Crippen molar-refractivity contribution in [1.29, 1.82) is 0 Å². The molecule has 7 nitrogen and oxygen atoms in total. The van der Waals surface area contributed by atoms with Crippen molar-refractivity contribution < 1.29 is 4.79 Å². The highest BCUT2D eigenvalue weighted by molar-refractivity contribution is 8.14. The molecule has 0 unspecified atom stereocenters. The van der Waals surface area contributed by atoms with Crippen molar-refractivity contribution in [2.24, 2.45) is 4.99 Å². The molecular weight excluding hydrogens is 264 g/mol. The van der Waals surface area contributed by atoms with Gasteiger partial charge in [-0.1, -0.05) is 23.4 Å². The third kappa shape index (κ3) is 2.59. The third-order valence-corrected chi connectivity index (χ3v) is 3.10. The van der Waals surface area contributed by atoms with Crippen LogP contribution in [-0.2, 0) is 0 Å². The average molecular weight is 273 g/mol. The normalized spacial score (nSPS) is 14.5. The topological polar surface area (TPSA) is 119 Å². The molecule has 0 bridgehead atoms. The van der Waals surface area contributed by atoms with Crippen LogP contribution in [0.2, 0.25) is 5.15 Å². The maximum absolute atomic E-state index is 11.8. The lowest BCUT2D eigenvalue weighted by atomic mass is 10.4. The van der Waals surface area contributed by atoms with Crippen LogP contribution >= 0.6 is 23.4 Å². The molecular formula is C8H9ClN6OS. The molecule has 5 N–H and O–H groups in total. The van der Waals surface area contributed by atoms with Crippen LogP contribution in [0, 0.1) is 0 Å². The second-order valence-electron chi connectivity index (χ2n) is 3.12. The van der Waals surface area contributed by atoms with E-state index in [9.17, 15) is 4.79 Å². The number of nitrogens with two attached hydrogens (primary N) is 2. The number of hydrogen-bond acceptors (Lipinski definition) is 7. The molecule has 0 radical (unpaired) electrons. The number of carbonyl (C=O) groups is 1. The molecule has 0 saturated heterocycles. The molecule has 0 spiro atoms. The summed E-state index contributed by atoms with van der Waals surface area (Å²) in [5.74, 6) is 0.283. The van der Waals surface area contributed by atoms with Crippen molar-refractivity contribution in [3.8, 4) is 0 Å². The fourth-order valence-corrected chi connectivity index (χ4v) is 2.03. The van der Waals surface area contributed by atoms with E-state index in [1.54, 1.807) is 0 Å². The highest BCUT2D eigenvalue weighted by Crippen LogP contribution is 2.18. The van der Waals surface area contributed by atoms with Crippen molar-refractivity contribution in [2.45, 2.75) is 0 Å². The molecule has 2 heterocycles. The van der Waals surface area contributed by atoms with Gasteiger partial charge in [0.1, 0.15) is 0 Å². The van der Waals surface area contributed by atoms with Crippen molar-refractivity contribution in [2.75, 3.05) is 23.8 Å². The molecule has 0 aliphatic carbocycles. The predicted molar refractivity (Wildman–Crippen MR) is 68.1 cm³/mol. The molecule has 1 aromatic rings. The van der Waals surface area contributed by atoms with Gasteiger partial charge in [-0.15, -0.1) is 0 Å². The van der Waals surface area contributed by atoms with Gasteiger partial charge in [0.05, 0.1) is 6.54 Å². The predicted octanol–water partition coefficient (Wildman–Crippen LogP) is 0.127. The fraction of sp³-hybridized carbons (Fsp3) is 0.250. The van der Waals surface area contributed by atoms with Crippen LogP contribution in [0.1, 0.15) is 10.5 Å². The Balaban J connectivity index is 2.21. The Labute approximate surface area is 106 Å². The van der Waals surface area contributed by atoms with Gasteiger partial charge in [-0.3, -0.25) is 15.1 Å². The smallest absolute Gasteiger partial charge is 0.279 e. The quantitative estimate of drug-likeness (QED) is 0.668. The average Bonchev–Trinajstić information content (AvgIpc) is 2.76. The van der Waals surface area contributed by atoms with Crippen LogP contribution in [0.3, 0.4) is 0 Å². The van der Waals surface area contributed by atoms with E-state index in [2.05, 4.69) is 20.3 Å². The molecule has 90 valence electrons. The van der Waals surface area contributed by atoms with E-state index >= 15 is 0 Å². The molecule has 17 heavy (non-hydrogen) atoms. The maximum Gasteiger partial charge on any atom is 0.279 e.